The van der Waals surface area contributed by atoms with Crippen LogP contribution in [0.4, 0.5) is 24.5 Å². The van der Waals surface area contributed by atoms with Crippen molar-refractivity contribution in [2.24, 2.45) is 0 Å². The van der Waals surface area contributed by atoms with Gasteiger partial charge in [0.15, 0.2) is 5.82 Å². The molecule has 0 radical (unpaired) electrons. The molecule has 2 aromatic carbocycles. The van der Waals surface area contributed by atoms with Gasteiger partial charge in [0.1, 0.15) is 11.6 Å². The molecule has 3 N–H and O–H groups in total. The molecule has 0 atom stereocenters. The maximum absolute atomic E-state index is 13.6. The van der Waals surface area contributed by atoms with E-state index in [9.17, 15) is 18.0 Å². The minimum Gasteiger partial charge on any atom is -0.396 e. The average molecular weight is 345 g/mol. The number of rotatable bonds is 2. The topological polar surface area (TPSA) is 55.1 Å². The quantitative estimate of drug-likeness (QED) is 0.816. The zero-order valence-corrected chi connectivity index (χ0v) is 11.5. The molecule has 20 heavy (non-hydrogen) atoms. The van der Waals surface area contributed by atoms with Crippen LogP contribution in [0.2, 0.25) is 0 Å². The van der Waals surface area contributed by atoms with Crippen molar-refractivity contribution in [2.75, 3.05) is 11.1 Å². The summed E-state index contributed by atoms with van der Waals surface area (Å²) in [5.74, 6) is -3.22. The summed E-state index contributed by atoms with van der Waals surface area (Å²) in [6.07, 6.45) is 0. The second-order valence-corrected chi connectivity index (χ2v) is 4.79. The van der Waals surface area contributed by atoms with Gasteiger partial charge in [-0.15, -0.1) is 0 Å². The van der Waals surface area contributed by atoms with E-state index in [1.165, 1.54) is 12.1 Å². The molecule has 0 saturated heterocycles. The van der Waals surface area contributed by atoms with E-state index in [1.807, 2.05) is 0 Å². The standard InChI is InChI=1S/C13H8BrF3N2O/c14-8-4-7(15)5-10(17)12(8)19-13(20)6-1-2-11(18)9(16)3-6/h1-5H,18H2,(H,19,20). The fourth-order valence-corrected chi connectivity index (χ4v) is 2.02. The Hall–Kier alpha value is -2.02. The number of nitrogens with two attached hydrogens (primary N) is 1. The fourth-order valence-electron chi connectivity index (χ4n) is 1.52. The lowest BCUT2D eigenvalue weighted by Gasteiger charge is -2.09. The molecule has 0 heterocycles. The van der Waals surface area contributed by atoms with E-state index >= 15 is 0 Å². The summed E-state index contributed by atoms with van der Waals surface area (Å²) in [6, 6.07) is 5.08. The van der Waals surface area contributed by atoms with Gasteiger partial charge in [-0.1, -0.05) is 0 Å². The molecule has 0 bridgehead atoms. The van der Waals surface area contributed by atoms with E-state index in [-0.39, 0.29) is 21.4 Å². The Morgan fingerprint density at radius 2 is 1.80 bits per heavy atom. The molecule has 0 aromatic heterocycles. The third kappa shape index (κ3) is 2.93. The van der Waals surface area contributed by atoms with Crippen molar-refractivity contribution in [3.63, 3.8) is 0 Å². The largest absolute Gasteiger partial charge is 0.396 e. The Balaban J connectivity index is 2.30. The Morgan fingerprint density at radius 1 is 1.10 bits per heavy atom. The molecule has 0 unspecified atom stereocenters. The summed E-state index contributed by atoms with van der Waals surface area (Å²) in [5.41, 5.74) is 4.93. The average Bonchev–Trinajstić information content (AvgIpc) is 2.36. The Morgan fingerprint density at radius 3 is 2.40 bits per heavy atom. The van der Waals surface area contributed by atoms with Crippen LogP contribution < -0.4 is 11.1 Å². The number of amides is 1. The minimum absolute atomic E-state index is 0.0349. The van der Waals surface area contributed by atoms with Crippen LogP contribution in [-0.2, 0) is 0 Å². The summed E-state index contributed by atoms with van der Waals surface area (Å²) >= 11 is 2.94. The van der Waals surface area contributed by atoms with Gasteiger partial charge < -0.3 is 11.1 Å². The number of nitrogens with one attached hydrogen (secondary N) is 1. The van der Waals surface area contributed by atoms with Crippen LogP contribution in [0.15, 0.2) is 34.8 Å². The van der Waals surface area contributed by atoms with Crippen LogP contribution >= 0.6 is 15.9 Å². The van der Waals surface area contributed by atoms with Gasteiger partial charge in [0.25, 0.3) is 5.91 Å². The molecule has 2 aromatic rings. The maximum Gasteiger partial charge on any atom is 0.255 e. The first-order valence-electron chi connectivity index (χ1n) is 5.39. The summed E-state index contributed by atoms with van der Waals surface area (Å²) < 4.78 is 39.8. The molecule has 3 nitrogen and oxygen atoms in total. The lowest BCUT2D eigenvalue weighted by Crippen LogP contribution is -2.14. The normalized spacial score (nSPS) is 10.4. The number of nitrogen functional groups attached to an aromatic ring is 1. The number of carbonyl (C=O) groups excluding carboxylic acids is 1. The van der Waals surface area contributed by atoms with E-state index in [0.717, 1.165) is 12.1 Å². The Bertz CT molecular complexity index is 668. The molecule has 104 valence electrons. The summed E-state index contributed by atoms with van der Waals surface area (Å²) in [6.45, 7) is 0. The lowest BCUT2D eigenvalue weighted by atomic mass is 10.2. The molecule has 0 saturated carbocycles. The van der Waals surface area contributed by atoms with Gasteiger partial charge in [-0.05, 0) is 40.2 Å². The minimum atomic E-state index is -0.943. The van der Waals surface area contributed by atoms with Crippen LogP contribution in [0.25, 0.3) is 0 Å². The summed E-state index contributed by atoms with van der Waals surface area (Å²) in [7, 11) is 0. The van der Waals surface area contributed by atoms with Crippen molar-refractivity contribution in [3.05, 3.63) is 57.8 Å². The zero-order chi connectivity index (χ0) is 14.9. The van der Waals surface area contributed by atoms with Gasteiger partial charge in [0, 0.05) is 16.1 Å². The van der Waals surface area contributed by atoms with Crippen LogP contribution in [0.3, 0.4) is 0 Å². The maximum atomic E-state index is 13.6. The first-order valence-corrected chi connectivity index (χ1v) is 6.18. The lowest BCUT2D eigenvalue weighted by molar-refractivity contribution is 0.102. The van der Waals surface area contributed by atoms with Crippen molar-refractivity contribution in [1.82, 2.24) is 0 Å². The number of carbonyl (C=O) groups is 1. The van der Waals surface area contributed by atoms with E-state index in [2.05, 4.69) is 21.2 Å². The molecule has 0 fully saturated rings. The van der Waals surface area contributed by atoms with E-state index in [4.69, 9.17) is 5.73 Å². The van der Waals surface area contributed by atoms with Gasteiger partial charge in [-0.2, -0.15) is 0 Å². The molecule has 0 aliphatic rings. The van der Waals surface area contributed by atoms with Gasteiger partial charge in [0.05, 0.1) is 11.4 Å². The highest BCUT2D eigenvalue weighted by Gasteiger charge is 2.15. The number of hydrogen-bond acceptors (Lipinski definition) is 2. The first kappa shape index (κ1) is 14.4. The van der Waals surface area contributed by atoms with Crippen molar-refractivity contribution in [3.8, 4) is 0 Å². The van der Waals surface area contributed by atoms with Gasteiger partial charge in [0.2, 0.25) is 0 Å². The molecule has 7 heteroatoms. The van der Waals surface area contributed by atoms with Gasteiger partial charge in [-0.3, -0.25) is 4.79 Å². The Kier molecular flexibility index (Phi) is 3.99. The number of hydrogen-bond donors (Lipinski definition) is 2. The Labute approximate surface area is 120 Å². The number of halogens is 4. The van der Waals surface area contributed by atoms with Crippen LogP contribution in [-0.4, -0.2) is 5.91 Å². The molecule has 1 amide bonds. The molecule has 0 aliphatic carbocycles. The van der Waals surface area contributed by atoms with Crippen molar-refractivity contribution in [2.45, 2.75) is 0 Å². The molecule has 0 spiro atoms. The smallest absolute Gasteiger partial charge is 0.255 e. The predicted octanol–water partition coefficient (Wildman–Crippen LogP) is 3.70. The summed E-state index contributed by atoms with van der Waals surface area (Å²) in [5, 5.41) is 2.23. The van der Waals surface area contributed by atoms with Crippen LogP contribution in [0, 0.1) is 17.5 Å². The van der Waals surface area contributed by atoms with Crippen LogP contribution in [0.1, 0.15) is 10.4 Å². The highest BCUT2D eigenvalue weighted by atomic mass is 79.9. The molecular formula is C13H8BrF3N2O. The fraction of sp³-hybridized carbons (Fsp3) is 0. The van der Waals surface area contributed by atoms with Crippen molar-refractivity contribution >= 4 is 33.2 Å². The van der Waals surface area contributed by atoms with Gasteiger partial charge in [-0.25, -0.2) is 13.2 Å². The first-order chi connectivity index (χ1) is 9.38. The summed E-state index contributed by atoms with van der Waals surface area (Å²) in [4.78, 5) is 11.9. The third-order valence-electron chi connectivity index (χ3n) is 2.51. The van der Waals surface area contributed by atoms with Crippen molar-refractivity contribution < 1.29 is 18.0 Å². The van der Waals surface area contributed by atoms with E-state index in [0.29, 0.717) is 6.07 Å². The molecule has 2 rings (SSSR count). The van der Waals surface area contributed by atoms with Crippen molar-refractivity contribution in [1.29, 1.82) is 0 Å². The molecular weight excluding hydrogens is 337 g/mol. The van der Waals surface area contributed by atoms with Gasteiger partial charge >= 0.3 is 0 Å². The molecule has 0 aliphatic heterocycles. The second-order valence-electron chi connectivity index (χ2n) is 3.93. The highest BCUT2D eigenvalue weighted by molar-refractivity contribution is 9.10. The van der Waals surface area contributed by atoms with Crippen LogP contribution in [0.5, 0.6) is 0 Å². The number of benzene rings is 2. The second kappa shape index (κ2) is 5.54. The van der Waals surface area contributed by atoms with E-state index < -0.39 is 23.4 Å². The third-order valence-corrected chi connectivity index (χ3v) is 3.13. The SMILES string of the molecule is Nc1ccc(C(=O)Nc2c(F)cc(F)cc2Br)cc1F. The number of anilines is 2. The van der Waals surface area contributed by atoms with E-state index in [1.54, 1.807) is 0 Å². The highest BCUT2D eigenvalue weighted by Crippen LogP contribution is 2.27. The zero-order valence-electron chi connectivity index (χ0n) is 9.88. The monoisotopic (exact) mass is 344 g/mol. The predicted molar refractivity (Wildman–Crippen MR) is 72.8 cm³/mol.